The van der Waals surface area contributed by atoms with Crippen LogP contribution in [0.15, 0.2) is 53.0 Å². The van der Waals surface area contributed by atoms with Crippen LogP contribution in [0.25, 0.3) is 0 Å². The number of anilines is 1. The SMILES string of the molecule is CCN(CC)c1ccc(C(=O)OCC(=O)c2ccccc2Br)cc1. The molecule has 0 aromatic heterocycles. The molecule has 0 heterocycles. The van der Waals surface area contributed by atoms with Crippen LogP contribution < -0.4 is 4.90 Å². The van der Waals surface area contributed by atoms with Gasteiger partial charge in [0.1, 0.15) is 0 Å². The van der Waals surface area contributed by atoms with Crippen LogP contribution in [0.5, 0.6) is 0 Å². The van der Waals surface area contributed by atoms with Gasteiger partial charge in [-0.1, -0.05) is 34.1 Å². The summed E-state index contributed by atoms with van der Waals surface area (Å²) in [6.45, 7) is 5.69. The zero-order valence-electron chi connectivity index (χ0n) is 13.8. The van der Waals surface area contributed by atoms with Crippen LogP contribution in [0.4, 0.5) is 5.69 Å². The van der Waals surface area contributed by atoms with Gasteiger partial charge in [0.05, 0.1) is 5.56 Å². The molecule has 0 bridgehead atoms. The van der Waals surface area contributed by atoms with Crippen LogP contribution in [-0.4, -0.2) is 31.4 Å². The highest BCUT2D eigenvalue weighted by Gasteiger charge is 2.14. The third-order valence-corrected chi connectivity index (χ3v) is 4.43. The molecular weight excluding hydrogens is 370 g/mol. The molecule has 2 rings (SSSR count). The summed E-state index contributed by atoms with van der Waals surface area (Å²) in [4.78, 5) is 26.4. The van der Waals surface area contributed by atoms with E-state index in [2.05, 4.69) is 34.7 Å². The number of halogens is 1. The molecule has 126 valence electrons. The number of benzene rings is 2. The highest BCUT2D eigenvalue weighted by Crippen LogP contribution is 2.18. The van der Waals surface area contributed by atoms with Gasteiger partial charge in [-0.15, -0.1) is 0 Å². The molecule has 0 atom stereocenters. The Bertz CT molecular complexity index is 709. The molecule has 0 saturated carbocycles. The van der Waals surface area contributed by atoms with Gasteiger partial charge in [0.25, 0.3) is 0 Å². The maximum absolute atomic E-state index is 12.1. The molecular formula is C19H20BrNO3. The van der Waals surface area contributed by atoms with Crippen LogP contribution in [-0.2, 0) is 4.74 Å². The molecule has 0 amide bonds. The molecule has 0 spiro atoms. The molecule has 2 aromatic carbocycles. The molecule has 5 heteroatoms. The second-order valence-corrected chi connectivity index (χ2v) is 6.05. The molecule has 0 aliphatic rings. The lowest BCUT2D eigenvalue weighted by Crippen LogP contribution is -2.21. The van der Waals surface area contributed by atoms with E-state index in [-0.39, 0.29) is 12.4 Å². The largest absolute Gasteiger partial charge is 0.454 e. The van der Waals surface area contributed by atoms with Crippen LogP contribution in [0, 0.1) is 0 Å². The summed E-state index contributed by atoms with van der Waals surface area (Å²) in [5.41, 5.74) is 1.99. The minimum absolute atomic E-state index is 0.240. The molecule has 4 nitrogen and oxygen atoms in total. The molecule has 0 fully saturated rings. The highest BCUT2D eigenvalue weighted by molar-refractivity contribution is 9.10. The van der Waals surface area contributed by atoms with Crippen molar-refractivity contribution in [3.63, 3.8) is 0 Å². The number of ether oxygens (including phenoxy) is 1. The van der Waals surface area contributed by atoms with E-state index in [1.807, 2.05) is 18.2 Å². The average molecular weight is 390 g/mol. The van der Waals surface area contributed by atoms with Crippen molar-refractivity contribution in [1.82, 2.24) is 0 Å². The third-order valence-electron chi connectivity index (χ3n) is 3.74. The fourth-order valence-corrected chi connectivity index (χ4v) is 2.88. The molecule has 0 aliphatic carbocycles. The monoisotopic (exact) mass is 389 g/mol. The standard InChI is InChI=1S/C19H20BrNO3/c1-3-21(4-2)15-11-9-14(10-12-15)19(23)24-13-18(22)16-7-5-6-8-17(16)20/h5-12H,3-4,13H2,1-2H3. The minimum Gasteiger partial charge on any atom is -0.454 e. The second-order valence-electron chi connectivity index (χ2n) is 5.20. The first-order chi connectivity index (χ1) is 11.6. The summed E-state index contributed by atoms with van der Waals surface area (Å²) in [5, 5.41) is 0. The Morgan fingerprint density at radius 1 is 1.00 bits per heavy atom. The summed E-state index contributed by atoms with van der Waals surface area (Å²) in [6, 6.07) is 14.3. The van der Waals surface area contributed by atoms with Gasteiger partial charge >= 0.3 is 5.97 Å². The summed E-state index contributed by atoms with van der Waals surface area (Å²) < 4.78 is 5.82. The van der Waals surface area contributed by atoms with E-state index in [4.69, 9.17) is 4.74 Å². The Balaban J connectivity index is 1.98. The Kier molecular flexibility index (Phi) is 6.55. The Hall–Kier alpha value is -2.14. The van der Waals surface area contributed by atoms with E-state index in [0.29, 0.717) is 15.6 Å². The lowest BCUT2D eigenvalue weighted by molar-refractivity contribution is 0.0474. The summed E-state index contributed by atoms with van der Waals surface area (Å²) in [6.07, 6.45) is 0. The number of carbonyl (C=O) groups is 2. The topological polar surface area (TPSA) is 46.6 Å². The normalized spacial score (nSPS) is 10.3. The van der Waals surface area contributed by atoms with E-state index in [0.717, 1.165) is 18.8 Å². The number of carbonyl (C=O) groups excluding carboxylic acids is 2. The fraction of sp³-hybridized carbons (Fsp3) is 0.263. The third kappa shape index (κ3) is 4.45. The van der Waals surface area contributed by atoms with Gasteiger partial charge in [-0.25, -0.2) is 4.79 Å². The molecule has 0 radical (unpaired) electrons. The number of esters is 1. The van der Waals surface area contributed by atoms with Crippen molar-refractivity contribution in [3.8, 4) is 0 Å². The van der Waals surface area contributed by atoms with Crippen molar-refractivity contribution in [2.75, 3.05) is 24.6 Å². The average Bonchev–Trinajstić information content (AvgIpc) is 2.61. The summed E-state index contributed by atoms with van der Waals surface area (Å²) >= 11 is 3.32. The van der Waals surface area contributed by atoms with E-state index >= 15 is 0 Å². The van der Waals surface area contributed by atoms with E-state index < -0.39 is 5.97 Å². The zero-order chi connectivity index (χ0) is 17.5. The maximum Gasteiger partial charge on any atom is 0.338 e. The van der Waals surface area contributed by atoms with E-state index in [1.165, 1.54) is 0 Å². The number of ketones is 1. The Morgan fingerprint density at radius 3 is 2.21 bits per heavy atom. The number of rotatable bonds is 7. The minimum atomic E-state index is -0.499. The first-order valence-electron chi connectivity index (χ1n) is 7.86. The maximum atomic E-state index is 12.1. The quantitative estimate of drug-likeness (QED) is 0.522. The first-order valence-corrected chi connectivity index (χ1v) is 8.66. The van der Waals surface area contributed by atoms with Crippen LogP contribution in [0.1, 0.15) is 34.6 Å². The lowest BCUT2D eigenvalue weighted by atomic mass is 10.1. The number of Topliss-reactive ketones (excluding diaryl/α,β-unsaturated/α-hetero) is 1. The Labute approximate surface area is 150 Å². The second kappa shape index (κ2) is 8.64. The highest BCUT2D eigenvalue weighted by atomic mass is 79.9. The van der Waals surface area contributed by atoms with Gasteiger partial charge < -0.3 is 9.64 Å². The number of nitrogens with zero attached hydrogens (tertiary/aromatic N) is 1. The molecule has 0 saturated heterocycles. The first kappa shape index (κ1) is 18.2. The van der Waals surface area contributed by atoms with Gasteiger partial charge in [0, 0.05) is 28.8 Å². The van der Waals surface area contributed by atoms with Crippen molar-refractivity contribution < 1.29 is 14.3 Å². The van der Waals surface area contributed by atoms with Gasteiger partial charge in [-0.3, -0.25) is 4.79 Å². The number of hydrogen-bond acceptors (Lipinski definition) is 4. The van der Waals surface area contributed by atoms with Crippen molar-refractivity contribution >= 4 is 33.4 Å². The predicted molar refractivity (Wildman–Crippen MR) is 98.8 cm³/mol. The van der Waals surface area contributed by atoms with Gasteiger partial charge in [0.2, 0.25) is 5.78 Å². The lowest BCUT2D eigenvalue weighted by Gasteiger charge is -2.20. The molecule has 2 aromatic rings. The van der Waals surface area contributed by atoms with Crippen molar-refractivity contribution in [2.45, 2.75) is 13.8 Å². The molecule has 0 unspecified atom stereocenters. The van der Waals surface area contributed by atoms with Gasteiger partial charge in [-0.2, -0.15) is 0 Å². The van der Waals surface area contributed by atoms with Crippen LogP contribution in [0.2, 0.25) is 0 Å². The van der Waals surface area contributed by atoms with Crippen LogP contribution in [0.3, 0.4) is 0 Å². The smallest absolute Gasteiger partial charge is 0.338 e. The predicted octanol–water partition coefficient (Wildman–Crippen LogP) is 4.34. The number of hydrogen-bond donors (Lipinski definition) is 0. The van der Waals surface area contributed by atoms with Gasteiger partial charge in [0.15, 0.2) is 6.61 Å². The van der Waals surface area contributed by atoms with Gasteiger partial charge in [-0.05, 0) is 44.2 Å². The molecule has 0 N–H and O–H groups in total. The van der Waals surface area contributed by atoms with Crippen molar-refractivity contribution in [1.29, 1.82) is 0 Å². The fourth-order valence-electron chi connectivity index (χ4n) is 2.38. The summed E-state index contributed by atoms with van der Waals surface area (Å²) in [5.74, 6) is -0.739. The Morgan fingerprint density at radius 2 is 1.62 bits per heavy atom. The molecule has 0 aliphatic heterocycles. The van der Waals surface area contributed by atoms with E-state index in [1.54, 1.807) is 30.3 Å². The summed E-state index contributed by atoms with van der Waals surface area (Å²) in [7, 11) is 0. The molecule has 24 heavy (non-hydrogen) atoms. The van der Waals surface area contributed by atoms with Crippen LogP contribution >= 0.6 is 15.9 Å². The van der Waals surface area contributed by atoms with E-state index in [9.17, 15) is 9.59 Å². The zero-order valence-corrected chi connectivity index (χ0v) is 15.4. The van der Waals surface area contributed by atoms with Crippen molar-refractivity contribution in [2.24, 2.45) is 0 Å². The van der Waals surface area contributed by atoms with Crippen molar-refractivity contribution in [3.05, 3.63) is 64.1 Å².